The van der Waals surface area contributed by atoms with E-state index in [1.54, 1.807) is 13.2 Å². The van der Waals surface area contributed by atoms with Crippen LogP contribution in [0.4, 0.5) is 21.5 Å². The Morgan fingerprint density at radius 2 is 1.89 bits per heavy atom. The second-order valence-electron chi connectivity index (χ2n) is 4.52. The van der Waals surface area contributed by atoms with Gasteiger partial charge in [0.25, 0.3) is 0 Å². The van der Waals surface area contributed by atoms with Crippen LogP contribution in [0.15, 0.2) is 30.3 Å². The molecule has 2 rings (SSSR count). The van der Waals surface area contributed by atoms with E-state index in [1.807, 2.05) is 26.0 Å². The van der Waals surface area contributed by atoms with Gasteiger partial charge in [-0.05, 0) is 49.2 Å². The van der Waals surface area contributed by atoms with Crippen molar-refractivity contribution in [3.8, 4) is 5.75 Å². The summed E-state index contributed by atoms with van der Waals surface area (Å²) in [5.41, 5.74) is 9.18. The summed E-state index contributed by atoms with van der Waals surface area (Å²) in [5, 5.41) is 3.15. The van der Waals surface area contributed by atoms with Crippen molar-refractivity contribution in [3.63, 3.8) is 0 Å². The van der Waals surface area contributed by atoms with Gasteiger partial charge < -0.3 is 15.8 Å². The topological polar surface area (TPSA) is 47.3 Å². The van der Waals surface area contributed by atoms with Gasteiger partial charge in [-0.25, -0.2) is 4.39 Å². The molecule has 0 aliphatic heterocycles. The first-order chi connectivity index (χ1) is 9.01. The third-order valence-electron chi connectivity index (χ3n) is 2.90. The lowest BCUT2D eigenvalue weighted by Gasteiger charge is -2.15. The van der Waals surface area contributed by atoms with Crippen molar-refractivity contribution in [2.75, 3.05) is 18.2 Å². The Labute approximate surface area is 112 Å². The smallest absolute Gasteiger partial charge is 0.148 e. The van der Waals surface area contributed by atoms with Crippen molar-refractivity contribution in [2.24, 2.45) is 0 Å². The Morgan fingerprint density at radius 3 is 2.53 bits per heavy atom. The van der Waals surface area contributed by atoms with E-state index in [0.29, 0.717) is 5.69 Å². The number of rotatable bonds is 3. The van der Waals surface area contributed by atoms with Gasteiger partial charge in [0.15, 0.2) is 0 Å². The zero-order chi connectivity index (χ0) is 14.0. The predicted octanol–water partition coefficient (Wildman–Crippen LogP) is 3.78. The van der Waals surface area contributed by atoms with Gasteiger partial charge >= 0.3 is 0 Å². The van der Waals surface area contributed by atoms with Gasteiger partial charge in [0, 0.05) is 5.69 Å². The Morgan fingerprint density at radius 1 is 1.16 bits per heavy atom. The van der Waals surface area contributed by atoms with Crippen molar-refractivity contribution in [1.29, 1.82) is 0 Å². The molecule has 0 saturated carbocycles. The first-order valence-corrected chi connectivity index (χ1v) is 5.98. The number of hydrogen-bond donors (Lipinski definition) is 2. The summed E-state index contributed by atoms with van der Waals surface area (Å²) in [6.45, 7) is 3.97. The molecule has 19 heavy (non-hydrogen) atoms. The van der Waals surface area contributed by atoms with E-state index < -0.39 is 5.82 Å². The average molecular weight is 260 g/mol. The van der Waals surface area contributed by atoms with Crippen LogP contribution in [-0.4, -0.2) is 7.11 Å². The molecule has 2 aromatic carbocycles. The summed E-state index contributed by atoms with van der Waals surface area (Å²) in [6.07, 6.45) is 0. The van der Waals surface area contributed by atoms with Crippen LogP contribution in [0.3, 0.4) is 0 Å². The van der Waals surface area contributed by atoms with Gasteiger partial charge in [0.1, 0.15) is 11.6 Å². The highest BCUT2D eigenvalue weighted by molar-refractivity contribution is 5.70. The van der Waals surface area contributed by atoms with E-state index in [-0.39, 0.29) is 5.69 Å². The van der Waals surface area contributed by atoms with Crippen molar-refractivity contribution < 1.29 is 9.13 Å². The normalized spacial score (nSPS) is 10.3. The van der Waals surface area contributed by atoms with Crippen LogP contribution in [0.1, 0.15) is 11.1 Å². The molecule has 0 unspecified atom stereocenters. The fourth-order valence-electron chi connectivity index (χ4n) is 2.08. The number of nitrogens with two attached hydrogens (primary N) is 1. The molecule has 2 aromatic rings. The van der Waals surface area contributed by atoms with Crippen LogP contribution in [-0.2, 0) is 0 Å². The van der Waals surface area contributed by atoms with Crippen LogP contribution in [0, 0.1) is 19.7 Å². The number of nitrogens with one attached hydrogen (secondary N) is 1. The maximum absolute atomic E-state index is 13.4. The first-order valence-electron chi connectivity index (χ1n) is 5.98. The van der Waals surface area contributed by atoms with E-state index in [4.69, 9.17) is 10.5 Å². The molecule has 0 bridgehead atoms. The lowest BCUT2D eigenvalue weighted by molar-refractivity contribution is 0.413. The van der Waals surface area contributed by atoms with Crippen molar-refractivity contribution >= 4 is 17.1 Å². The molecular weight excluding hydrogens is 243 g/mol. The average Bonchev–Trinajstić information content (AvgIpc) is 2.33. The van der Waals surface area contributed by atoms with E-state index in [0.717, 1.165) is 22.6 Å². The second kappa shape index (κ2) is 5.18. The van der Waals surface area contributed by atoms with Gasteiger partial charge in [0.05, 0.1) is 18.5 Å². The number of halogens is 1. The molecular formula is C15H17FN2O. The summed E-state index contributed by atoms with van der Waals surface area (Å²) in [5.74, 6) is 0.316. The van der Waals surface area contributed by atoms with E-state index >= 15 is 0 Å². The van der Waals surface area contributed by atoms with Gasteiger partial charge in [-0.15, -0.1) is 0 Å². The molecule has 3 nitrogen and oxygen atoms in total. The Hall–Kier alpha value is -2.23. The van der Waals surface area contributed by atoms with E-state index in [9.17, 15) is 4.39 Å². The molecule has 0 aromatic heterocycles. The number of hydrogen-bond acceptors (Lipinski definition) is 3. The molecule has 0 aliphatic carbocycles. The molecule has 100 valence electrons. The molecule has 0 amide bonds. The summed E-state index contributed by atoms with van der Waals surface area (Å²) < 4.78 is 18.8. The third kappa shape index (κ3) is 2.78. The highest BCUT2D eigenvalue weighted by Gasteiger charge is 2.08. The van der Waals surface area contributed by atoms with Gasteiger partial charge in [0.2, 0.25) is 0 Å². The quantitative estimate of drug-likeness (QED) is 0.826. The minimum absolute atomic E-state index is 0.137. The van der Waals surface area contributed by atoms with Crippen LogP contribution in [0.25, 0.3) is 0 Å². The predicted molar refractivity (Wildman–Crippen MR) is 76.6 cm³/mol. The van der Waals surface area contributed by atoms with Gasteiger partial charge in [-0.1, -0.05) is 6.07 Å². The minimum Gasteiger partial charge on any atom is -0.494 e. The Kier molecular flexibility index (Phi) is 3.60. The molecule has 0 atom stereocenters. The maximum atomic E-state index is 13.4. The van der Waals surface area contributed by atoms with Crippen LogP contribution in [0.2, 0.25) is 0 Å². The van der Waals surface area contributed by atoms with Gasteiger partial charge in [-0.3, -0.25) is 0 Å². The van der Waals surface area contributed by atoms with Crippen LogP contribution in [0.5, 0.6) is 5.75 Å². The SMILES string of the molecule is COc1c(C)cc(C)cc1Nc1ccc(N)c(F)c1. The number of benzene rings is 2. The standard InChI is InChI=1S/C15H17FN2O/c1-9-6-10(2)15(19-3)14(7-9)18-11-4-5-13(17)12(16)8-11/h4-8,18H,17H2,1-3H3. The number of ether oxygens (including phenoxy) is 1. The second-order valence-corrected chi connectivity index (χ2v) is 4.52. The molecule has 0 radical (unpaired) electrons. The lowest BCUT2D eigenvalue weighted by atomic mass is 10.1. The summed E-state index contributed by atoms with van der Waals surface area (Å²) in [6, 6.07) is 8.63. The van der Waals surface area contributed by atoms with E-state index in [1.165, 1.54) is 12.1 Å². The number of methoxy groups -OCH3 is 1. The molecule has 4 heteroatoms. The lowest BCUT2D eigenvalue weighted by Crippen LogP contribution is -1.99. The number of nitrogen functional groups attached to an aromatic ring is 1. The van der Waals surface area contributed by atoms with Crippen LogP contribution >= 0.6 is 0 Å². The molecule has 3 N–H and O–H groups in total. The minimum atomic E-state index is -0.437. The zero-order valence-corrected chi connectivity index (χ0v) is 11.3. The van der Waals surface area contributed by atoms with Crippen LogP contribution < -0.4 is 15.8 Å². The van der Waals surface area contributed by atoms with Gasteiger partial charge in [-0.2, -0.15) is 0 Å². The number of anilines is 3. The Balaban J connectivity index is 2.39. The number of aryl methyl sites for hydroxylation is 2. The maximum Gasteiger partial charge on any atom is 0.148 e. The largest absolute Gasteiger partial charge is 0.494 e. The molecule has 0 fully saturated rings. The molecule has 0 saturated heterocycles. The van der Waals surface area contributed by atoms with E-state index in [2.05, 4.69) is 5.32 Å². The fraction of sp³-hybridized carbons (Fsp3) is 0.200. The third-order valence-corrected chi connectivity index (χ3v) is 2.90. The fourth-order valence-corrected chi connectivity index (χ4v) is 2.08. The summed E-state index contributed by atoms with van der Waals surface area (Å²) in [7, 11) is 1.62. The summed E-state index contributed by atoms with van der Waals surface area (Å²) in [4.78, 5) is 0. The van der Waals surface area contributed by atoms with Crippen molar-refractivity contribution in [3.05, 3.63) is 47.3 Å². The molecule has 0 heterocycles. The molecule has 0 spiro atoms. The highest BCUT2D eigenvalue weighted by Crippen LogP contribution is 2.32. The highest BCUT2D eigenvalue weighted by atomic mass is 19.1. The zero-order valence-electron chi connectivity index (χ0n) is 11.3. The molecule has 0 aliphatic rings. The first kappa shape index (κ1) is 13.2. The van der Waals surface area contributed by atoms with Crippen molar-refractivity contribution in [2.45, 2.75) is 13.8 Å². The van der Waals surface area contributed by atoms with Crippen molar-refractivity contribution in [1.82, 2.24) is 0 Å². The monoisotopic (exact) mass is 260 g/mol. The summed E-state index contributed by atoms with van der Waals surface area (Å²) >= 11 is 0. The Bertz CT molecular complexity index is 611.